The van der Waals surface area contributed by atoms with Gasteiger partial charge in [0, 0.05) is 4.88 Å². The number of benzene rings is 2. The zero-order valence-electron chi connectivity index (χ0n) is 16.3. The molecule has 0 unspecified atom stereocenters. The van der Waals surface area contributed by atoms with Crippen LogP contribution in [0.5, 0.6) is 0 Å². The highest BCUT2D eigenvalue weighted by atomic mass is 32.1. The van der Waals surface area contributed by atoms with Crippen molar-refractivity contribution in [1.29, 1.82) is 0 Å². The maximum absolute atomic E-state index is 14.6. The van der Waals surface area contributed by atoms with Crippen molar-refractivity contribution in [2.75, 3.05) is 0 Å². The Kier molecular flexibility index (Phi) is 6.50. The summed E-state index contributed by atoms with van der Waals surface area (Å²) in [6, 6.07) is 13.6. The van der Waals surface area contributed by atoms with Gasteiger partial charge in [0.05, 0.1) is 21.3 Å². The average Bonchev–Trinajstić information content (AvgIpc) is 3.41. The minimum absolute atomic E-state index is 0.202. The number of hydrogen-bond donors (Lipinski definition) is 0. The zero-order valence-corrected chi connectivity index (χ0v) is 17.9. The van der Waals surface area contributed by atoms with Crippen LogP contribution in [0.15, 0.2) is 53.5 Å². The van der Waals surface area contributed by atoms with E-state index >= 15 is 0 Å². The molecule has 0 radical (unpaired) electrons. The van der Waals surface area contributed by atoms with Crippen LogP contribution in [0.3, 0.4) is 0 Å². The van der Waals surface area contributed by atoms with Crippen LogP contribution >= 0.6 is 23.6 Å². The van der Waals surface area contributed by atoms with Crippen LogP contribution in [0.4, 0.5) is 14.5 Å². The minimum atomic E-state index is -0.666. The number of nitrogens with zero attached hydrogens (tertiary/aromatic N) is 1. The van der Waals surface area contributed by atoms with Crippen LogP contribution in [0.2, 0.25) is 0 Å². The van der Waals surface area contributed by atoms with E-state index in [1.165, 1.54) is 42.7 Å². The van der Waals surface area contributed by atoms with Crippen molar-refractivity contribution in [2.45, 2.75) is 32.1 Å². The predicted octanol–water partition coefficient (Wildman–Crippen LogP) is 7.56. The van der Waals surface area contributed by atoms with Crippen molar-refractivity contribution in [1.82, 2.24) is 0 Å². The molecule has 150 valence electrons. The molecule has 2 aromatic carbocycles. The molecule has 30 heavy (non-hydrogen) atoms. The van der Waals surface area contributed by atoms with Gasteiger partial charge in [-0.15, -0.1) is 11.3 Å². The molecule has 0 amide bonds. The fraction of sp³-hybridized carbons (Fsp3) is 0.240. The van der Waals surface area contributed by atoms with E-state index in [1.807, 2.05) is 6.07 Å². The fourth-order valence-corrected chi connectivity index (χ4v) is 4.90. The molecule has 0 aliphatic heterocycles. The molecule has 1 aromatic heterocycles. The van der Waals surface area contributed by atoms with Crippen molar-refractivity contribution in [3.05, 3.63) is 75.5 Å². The van der Waals surface area contributed by atoms with E-state index in [0.29, 0.717) is 16.8 Å². The molecule has 0 saturated heterocycles. The quantitative estimate of drug-likeness (QED) is 0.234. The zero-order chi connectivity index (χ0) is 20.9. The van der Waals surface area contributed by atoms with Crippen molar-refractivity contribution in [3.63, 3.8) is 0 Å². The van der Waals surface area contributed by atoms with Crippen LogP contribution in [0.25, 0.3) is 11.1 Å². The Balaban J connectivity index is 1.53. The fourth-order valence-electron chi connectivity index (χ4n) is 3.82. The molecule has 1 aliphatic carbocycles. The van der Waals surface area contributed by atoms with Crippen LogP contribution in [-0.2, 0) is 6.42 Å². The van der Waals surface area contributed by atoms with Gasteiger partial charge in [0.1, 0.15) is 11.6 Å². The van der Waals surface area contributed by atoms with E-state index in [2.05, 4.69) is 40.3 Å². The topological polar surface area (TPSA) is 12.4 Å². The number of thiophene rings is 1. The Hall–Kier alpha value is -2.64. The molecule has 0 atom stereocenters. The highest BCUT2D eigenvalue weighted by Gasteiger charge is 2.16. The summed E-state index contributed by atoms with van der Waals surface area (Å²) in [5.74, 6) is 5.05. The highest BCUT2D eigenvalue weighted by Crippen LogP contribution is 2.30. The lowest BCUT2D eigenvalue weighted by molar-refractivity contribution is 0.551. The van der Waals surface area contributed by atoms with E-state index in [0.717, 1.165) is 17.2 Å². The number of aliphatic imine (C=N–C) groups is 1. The summed E-state index contributed by atoms with van der Waals surface area (Å²) in [6.45, 7) is 0. The number of isothiocyanates is 1. The third kappa shape index (κ3) is 4.91. The summed E-state index contributed by atoms with van der Waals surface area (Å²) in [7, 11) is 0. The first kappa shape index (κ1) is 20.6. The van der Waals surface area contributed by atoms with Crippen molar-refractivity contribution in [3.8, 4) is 23.0 Å². The molecular weight excluding hydrogens is 416 g/mol. The molecule has 3 aromatic rings. The molecule has 5 heteroatoms. The Morgan fingerprint density at radius 1 is 0.933 bits per heavy atom. The predicted molar refractivity (Wildman–Crippen MR) is 122 cm³/mol. The first-order valence-electron chi connectivity index (χ1n) is 9.90. The monoisotopic (exact) mass is 435 g/mol. The van der Waals surface area contributed by atoms with Gasteiger partial charge < -0.3 is 0 Å². The summed E-state index contributed by atoms with van der Waals surface area (Å²) in [4.78, 5) is 6.00. The second kappa shape index (κ2) is 9.45. The number of rotatable bonds is 4. The second-order valence-electron chi connectivity index (χ2n) is 7.44. The minimum Gasteiger partial charge on any atom is -0.205 e. The van der Waals surface area contributed by atoms with Gasteiger partial charge in [-0.25, -0.2) is 8.78 Å². The lowest BCUT2D eigenvalue weighted by Gasteiger charge is -2.05. The van der Waals surface area contributed by atoms with Crippen molar-refractivity contribution in [2.24, 2.45) is 10.9 Å². The lowest BCUT2D eigenvalue weighted by atomic mass is 10.0. The lowest BCUT2D eigenvalue weighted by Crippen LogP contribution is -1.95. The van der Waals surface area contributed by atoms with Crippen LogP contribution in [0, 0.1) is 29.4 Å². The Bertz CT molecular complexity index is 1130. The van der Waals surface area contributed by atoms with Gasteiger partial charge in [0.15, 0.2) is 0 Å². The van der Waals surface area contributed by atoms with Crippen LogP contribution in [0.1, 0.15) is 41.0 Å². The van der Waals surface area contributed by atoms with E-state index in [9.17, 15) is 8.78 Å². The molecule has 1 aliphatic rings. The molecule has 1 nitrogen and oxygen atoms in total. The van der Waals surface area contributed by atoms with Gasteiger partial charge in [-0.3, -0.25) is 0 Å². The molecule has 1 heterocycles. The standard InChI is InChI=1S/C25H19F2NS2/c26-24-14-19(18-5-7-20(8-6-18)28-16-29)15-25(27)23(24)12-11-21-9-10-22(30-21)13-17-3-1-2-4-17/h5-10,14-15,17H,1-4,13H2. The Labute approximate surface area is 184 Å². The van der Waals surface area contributed by atoms with E-state index in [-0.39, 0.29) is 5.56 Å². The maximum atomic E-state index is 14.6. The van der Waals surface area contributed by atoms with E-state index < -0.39 is 11.6 Å². The van der Waals surface area contributed by atoms with Gasteiger partial charge in [-0.05, 0) is 72.1 Å². The molecule has 0 N–H and O–H groups in total. The smallest absolute Gasteiger partial charge is 0.142 e. The Morgan fingerprint density at radius 2 is 1.63 bits per heavy atom. The van der Waals surface area contributed by atoms with Crippen LogP contribution in [-0.4, -0.2) is 5.16 Å². The van der Waals surface area contributed by atoms with Gasteiger partial charge >= 0.3 is 0 Å². The Morgan fingerprint density at radius 3 is 2.30 bits per heavy atom. The normalized spacial score (nSPS) is 13.5. The molecular formula is C25H19F2NS2. The SMILES string of the molecule is Fc1cc(-c2ccc(N=C=S)cc2)cc(F)c1C#Cc1ccc(CC2CCCC2)s1. The third-order valence-electron chi connectivity index (χ3n) is 5.35. The van der Waals surface area contributed by atoms with Gasteiger partial charge in [0.25, 0.3) is 0 Å². The summed E-state index contributed by atoms with van der Waals surface area (Å²) < 4.78 is 29.2. The molecule has 1 saturated carbocycles. The first-order valence-corrected chi connectivity index (χ1v) is 11.1. The third-order valence-corrected chi connectivity index (χ3v) is 6.47. The second-order valence-corrected chi connectivity index (χ2v) is 8.79. The van der Waals surface area contributed by atoms with Crippen molar-refractivity contribution >= 4 is 34.4 Å². The number of thiocarbonyl (C=S) groups is 1. The van der Waals surface area contributed by atoms with Crippen LogP contribution < -0.4 is 0 Å². The highest BCUT2D eigenvalue weighted by molar-refractivity contribution is 7.78. The molecule has 0 spiro atoms. The molecule has 4 rings (SSSR count). The average molecular weight is 436 g/mol. The van der Waals surface area contributed by atoms with Gasteiger partial charge in [0.2, 0.25) is 0 Å². The van der Waals surface area contributed by atoms with Gasteiger partial charge in [-0.2, -0.15) is 4.99 Å². The molecule has 0 bridgehead atoms. The van der Waals surface area contributed by atoms with Crippen molar-refractivity contribution < 1.29 is 8.78 Å². The summed E-state index contributed by atoms with van der Waals surface area (Å²) in [5, 5.41) is 2.29. The summed E-state index contributed by atoms with van der Waals surface area (Å²) in [6.07, 6.45) is 6.32. The molecule has 1 fully saturated rings. The maximum Gasteiger partial charge on any atom is 0.142 e. The summed E-state index contributed by atoms with van der Waals surface area (Å²) in [5.41, 5.74) is 1.57. The van der Waals surface area contributed by atoms with E-state index in [4.69, 9.17) is 0 Å². The number of halogens is 2. The first-order chi connectivity index (χ1) is 14.6. The van der Waals surface area contributed by atoms with E-state index in [1.54, 1.807) is 35.6 Å². The van der Waals surface area contributed by atoms with Gasteiger partial charge in [-0.1, -0.05) is 49.7 Å². The summed E-state index contributed by atoms with van der Waals surface area (Å²) >= 11 is 6.19. The number of hydrogen-bond acceptors (Lipinski definition) is 3. The largest absolute Gasteiger partial charge is 0.205 e.